The maximum atomic E-state index is 5.90. The van der Waals surface area contributed by atoms with E-state index in [1.165, 1.54) is 18.4 Å². The van der Waals surface area contributed by atoms with Gasteiger partial charge < -0.3 is 5.32 Å². The molecule has 1 nitrogen and oxygen atoms in total. The highest BCUT2D eigenvalue weighted by Crippen LogP contribution is 2.10. The van der Waals surface area contributed by atoms with Crippen LogP contribution in [0.4, 0.5) is 0 Å². The van der Waals surface area contributed by atoms with Crippen molar-refractivity contribution in [1.29, 1.82) is 0 Å². The second-order valence-corrected chi connectivity index (χ2v) is 4.78. The Morgan fingerprint density at radius 1 is 1.33 bits per heavy atom. The van der Waals surface area contributed by atoms with E-state index < -0.39 is 0 Å². The van der Waals surface area contributed by atoms with Gasteiger partial charge in [0.25, 0.3) is 0 Å². The van der Waals surface area contributed by atoms with Crippen LogP contribution in [0.3, 0.4) is 0 Å². The van der Waals surface area contributed by atoms with Crippen molar-refractivity contribution < 1.29 is 0 Å². The van der Waals surface area contributed by atoms with Crippen LogP contribution in [0.1, 0.15) is 32.3 Å². The molecule has 84 valence electrons. The van der Waals surface area contributed by atoms with Crippen LogP contribution in [0.15, 0.2) is 24.3 Å². The monoisotopic (exact) mass is 225 g/mol. The fraction of sp³-hybridized carbons (Fsp3) is 0.538. The molecule has 2 heteroatoms. The Morgan fingerprint density at radius 2 is 2.13 bits per heavy atom. The van der Waals surface area contributed by atoms with Crippen LogP contribution < -0.4 is 5.32 Å². The molecule has 0 spiro atoms. The van der Waals surface area contributed by atoms with Gasteiger partial charge in [-0.05, 0) is 43.0 Å². The minimum Gasteiger partial charge on any atom is -0.313 e. The van der Waals surface area contributed by atoms with E-state index in [-0.39, 0.29) is 0 Å². The van der Waals surface area contributed by atoms with E-state index in [0.717, 1.165) is 24.0 Å². The molecule has 1 aromatic rings. The van der Waals surface area contributed by atoms with E-state index in [9.17, 15) is 0 Å². The molecular formula is C13H20ClN. The number of halogens is 1. The van der Waals surface area contributed by atoms with Gasteiger partial charge >= 0.3 is 0 Å². The van der Waals surface area contributed by atoms with Crippen LogP contribution in [0.25, 0.3) is 0 Å². The standard InChI is InChI=1S/C13H20ClN/c1-11(2)5-4-8-15-10-12-6-3-7-13(14)9-12/h3,6-7,9,11,15H,4-5,8,10H2,1-2H3. The zero-order valence-corrected chi connectivity index (χ0v) is 10.3. The van der Waals surface area contributed by atoms with E-state index in [1.807, 2.05) is 18.2 Å². The minimum atomic E-state index is 0.804. The summed E-state index contributed by atoms with van der Waals surface area (Å²) in [6.45, 7) is 6.53. The molecule has 1 rings (SSSR count). The van der Waals surface area contributed by atoms with Crippen LogP contribution in [0, 0.1) is 5.92 Å². The third-order valence-corrected chi connectivity index (χ3v) is 2.59. The summed E-state index contributed by atoms with van der Waals surface area (Å²) in [5, 5.41) is 4.24. The fourth-order valence-corrected chi connectivity index (χ4v) is 1.73. The minimum absolute atomic E-state index is 0.804. The van der Waals surface area contributed by atoms with Gasteiger partial charge in [-0.2, -0.15) is 0 Å². The van der Waals surface area contributed by atoms with E-state index in [2.05, 4.69) is 25.2 Å². The lowest BCUT2D eigenvalue weighted by atomic mass is 10.1. The maximum absolute atomic E-state index is 5.90. The Labute approximate surface area is 97.8 Å². The summed E-state index contributed by atoms with van der Waals surface area (Å²) in [6.07, 6.45) is 2.54. The van der Waals surface area contributed by atoms with E-state index >= 15 is 0 Å². The maximum Gasteiger partial charge on any atom is 0.0409 e. The molecule has 0 saturated carbocycles. The summed E-state index contributed by atoms with van der Waals surface area (Å²) in [5.74, 6) is 0.804. The van der Waals surface area contributed by atoms with Gasteiger partial charge in [0.05, 0.1) is 0 Å². The van der Waals surface area contributed by atoms with E-state index in [4.69, 9.17) is 11.6 Å². The molecule has 0 aromatic heterocycles. The molecule has 0 heterocycles. The molecule has 0 fully saturated rings. The first-order valence-electron chi connectivity index (χ1n) is 5.63. The van der Waals surface area contributed by atoms with Crippen molar-refractivity contribution in [3.05, 3.63) is 34.9 Å². The van der Waals surface area contributed by atoms with Gasteiger partial charge in [-0.3, -0.25) is 0 Å². The Bertz CT molecular complexity index is 284. The molecule has 0 radical (unpaired) electrons. The third-order valence-electron chi connectivity index (χ3n) is 2.35. The van der Waals surface area contributed by atoms with Crippen LogP contribution in [-0.4, -0.2) is 6.54 Å². The van der Waals surface area contributed by atoms with Crippen molar-refractivity contribution in [1.82, 2.24) is 5.32 Å². The summed E-state index contributed by atoms with van der Waals surface area (Å²) < 4.78 is 0. The van der Waals surface area contributed by atoms with Gasteiger partial charge in [-0.15, -0.1) is 0 Å². The van der Waals surface area contributed by atoms with Gasteiger partial charge in [0.15, 0.2) is 0 Å². The second-order valence-electron chi connectivity index (χ2n) is 4.34. The average Bonchev–Trinajstić information content (AvgIpc) is 2.17. The first-order chi connectivity index (χ1) is 7.18. The van der Waals surface area contributed by atoms with Crippen molar-refractivity contribution in [3.8, 4) is 0 Å². The van der Waals surface area contributed by atoms with Crippen molar-refractivity contribution in [2.75, 3.05) is 6.54 Å². The van der Waals surface area contributed by atoms with E-state index in [1.54, 1.807) is 0 Å². The van der Waals surface area contributed by atoms with Crippen molar-refractivity contribution in [3.63, 3.8) is 0 Å². The molecule has 1 N–H and O–H groups in total. The van der Waals surface area contributed by atoms with Crippen LogP contribution >= 0.6 is 11.6 Å². The largest absolute Gasteiger partial charge is 0.313 e. The first kappa shape index (κ1) is 12.5. The molecule has 0 atom stereocenters. The fourth-order valence-electron chi connectivity index (χ4n) is 1.51. The van der Waals surface area contributed by atoms with Crippen molar-refractivity contribution in [2.24, 2.45) is 5.92 Å². The molecule has 0 aliphatic carbocycles. The van der Waals surface area contributed by atoms with Crippen molar-refractivity contribution >= 4 is 11.6 Å². The number of benzene rings is 1. The zero-order chi connectivity index (χ0) is 11.1. The molecule has 0 bridgehead atoms. The summed E-state index contributed by atoms with van der Waals surface area (Å²) in [5.41, 5.74) is 1.26. The van der Waals surface area contributed by atoms with E-state index in [0.29, 0.717) is 0 Å². The van der Waals surface area contributed by atoms with Gasteiger partial charge in [0.2, 0.25) is 0 Å². The zero-order valence-electron chi connectivity index (χ0n) is 9.59. The summed E-state index contributed by atoms with van der Waals surface area (Å²) >= 11 is 5.90. The molecule has 1 aromatic carbocycles. The SMILES string of the molecule is CC(C)CCCNCc1cccc(Cl)c1. The third kappa shape index (κ3) is 5.81. The van der Waals surface area contributed by atoms with Crippen LogP contribution in [-0.2, 0) is 6.54 Å². The summed E-state index contributed by atoms with van der Waals surface area (Å²) in [6, 6.07) is 8.01. The van der Waals surface area contributed by atoms with Crippen molar-refractivity contribution in [2.45, 2.75) is 33.2 Å². The highest BCUT2D eigenvalue weighted by Gasteiger charge is 1.95. The topological polar surface area (TPSA) is 12.0 Å². The van der Waals surface area contributed by atoms with Gasteiger partial charge in [0.1, 0.15) is 0 Å². The van der Waals surface area contributed by atoms with Gasteiger partial charge in [-0.25, -0.2) is 0 Å². The molecule has 0 aliphatic rings. The molecule has 0 unspecified atom stereocenters. The highest BCUT2D eigenvalue weighted by molar-refractivity contribution is 6.30. The Hall–Kier alpha value is -0.530. The first-order valence-corrected chi connectivity index (χ1v) is 6.01. The smallest absolute Gasteiger partial charge is 0.0409 e. The number of nitrogens with one attached hydrogen (secondary N) is 1. The average molecular weight is 226 g/mol. The Balaban J connectivity index is 2.15. The molecular weight excluding hydrogens is 206 g/mol. The number of hydrogen-bond acceptors (Lipinski definition) is 1. The lowest BCUT2D eigenvalue weighted by molar-refractivity contribution is 0.527. The highest BCUT2D eigenvalue weighted by atomic mass is 35.5. The van der Waals surface area contributed by atoms with Gasteiger partial charge in [-0.1, -0.05) is 37.6 Å². The lowest BCUT2D eigenvalue weighted by Gasteiger charge is -2.06. The van der Waals surface area contributed by atoms with Crippen LogP contribution in [0.5, 0.6) is 0 Å². The summed E-state index contributed by atoms with van der Waals surface area (Å²) in [4.78, 5) is 0. The summed E-state index contributed by atoms with van der Waals surface area (Å²) in [7, 11) is 0. The predicted molar refractivity (Wildman–Crippen MR) is 67.2 cm³/mol. The number of hydrogen-bond donors (Lipinski definition) is 1. The normalized spacial score (nSPS) is 10.9. The quantitative estimate of drug-likeness (QED) is 0.725. The van der Waals surface area contributed by atoms with Crippen LogP contribution in [0.2, 0.25) is 5.02 Å². The molecule has 0 saturated heterocycles. The second kappa shape index (κ2) is 6.86. The molecule has 0 aliphatic heterocycles. The molecule has 15 heavy (non-hydrogen) atoms. The Morgan fingerprint density at radius 3 is 2.80 bits per heavy atom. The number of rotatable bonds is 6. The lowest BCUT2D eigenvalue weighted by Crippen LogP contribution is -2.15. The molecule has 0 amide bonds. The Kier molecular flexibility index (Phi) is 5.74. The predicted octanol–water partition coefficient (Wildman–Crippen LogP) is 3.87. The van der Waals surface area contributed by atoms with Gasteiger partial charge in [0, 0.05) is 11.6 Å².